The molecule has 1 fully saturated rings. The van der Waals surface area contributed by atoms with E-state index >= 15 is 0 Å². The van der Waals surface area contributed by atoms with Gasteiger partial charge in [-0.3, -0.25) is 4.79 Å². The predicted molar refractivity (Wildman–Crippen MR) is 40.1 cm³/mol. The third-order valence-electron chi connectivity index (χ3n) is 1.47. The fraction of sp³-hybridized carbons (Fsp3) is 0.750. The van der Waals surface area contributed by atoms with Crippen LogP contribution < -0.4 is 5.32 Å². The highest BCUT2D eigenvalue weighted by Gasteiger charge is 2.29. The van der Waals surface area contributed by atoms with Gasteiger partial charge in [-0.1, -0.05) is 20.8 Å². The molecule has 0 atom stereocenters. The number of carbonyl (C=O) groups excluding carboxylic acids is 1. The zero-order valence-corrected chi connectivity index (χ0v) is 6.82. The first-order valence-corrected chi connectivity index (χ1v) is 3.66. The van der Waals surface area contributed by atoms with E-state index < -0.39 is 0 Å². The average Bonchev–Trinajstić information content (AvgIpc) is 2.47. The lowest BCUT2D eigenvalue weighted by molar-refractivity contribution is -0.127. The van der Waals surface area contributed by atoms with E-state index in [2.05, 4.69) is 5.32 Å². The van der Waals surface area contributed by atoms with E-state index in [4.69, 9.17) is 0 Å². The maximum Gasteiger partial charge on any atom is 0.225 e. The molecule has 0 aromatic heterocycles. The zero-order chi connectivity index (χ0) is 7.78. The van der Waals surface area contributed by atoms with Crippen molar-refractivity contribution in [3.63, 3.8) is 0 Å². The monoisotopic (exact) mass is 140 g/mol. The van der Waals surface area contributed by atoms with Gasteiger partial charge in [0, 0.05) is 5.41 Å². The summed E-state index contributed by atoms with van der Waals surface area (Å²) in [6.07, 6.45) is 2.17. The van der Waals surface area contributed by atoms with Crippen LogP contribution in [0.25, 0.3) is 0 Å². The summed E-state index contributed by atoms with van der Waals surface area (Å²) < 4.78 is 0. The molecule has 10 heavy (non-hydrogen) atoms. The van der Waals surface area contributed by atoms with Crippen LogP contribution in [-0.4, -0.2) is 5.91 Å². The number of nitrogens with one attached hydrogen (secondary N) is 1. The molecule has 57 valence electrons. The second kappa shape index (κ2) is 2.26. The molecule has 1 amide bonds. The van der Waals surface area contributed by atoms with Gasteiger partial charge >= 0.3 is 0 Å². The highest BCUT2D eigenvalue weighted by atomic mass is 16.2. The Morgan fingerprint density at radius 3 is 2.20 bits per heavy atom. The van der Waals surface area contributed by atoms with E-state index in [1.54, 1.807) is 0 Å². The normalized spacial score (nSPS) is 18.7. The van der Waals surface area contributed by atoms with Crippen LogP contribution in [-0.2, 0) is 4.79 Å². The first kappa shape index (κ1) is 7.58. The van der Waals surface area contributed by atoms with E-state index in [-0.39, 0.29) is 11.3 Å². The molecule has 1 aliphatic rings. The summed E-state index contributed by atoms with van der Waals surface area (Å²) in [4.78, 5) is 11.2. The minimum Gasteiger partial charge on any atom is -0.348 e. The van der Waals surface area contributed by atoms with Crippen molar-refractivity contribution in [1.82, 2.24) is 5.32 Å². The van der Waals surface area contributed by atoms with Crippen molar-refractivity contribution >= 4 is 5.91 Å². The van der Waals surface area contributed by atoms with Gasteiger partial charge in [0.15, 0.2) is 0 Å². The Hall–Kier alpha value is -0.530. The fourth-order valence-corrected chi connectivity index (χ4v) is 0.536. The van der Waals surface area contributed by atoms with Crippen LogP contribution in [0, 0.1) is 11.5 Å². The number of hydrogen-bond acceptors (Lipinski definition) is 1. The summed E-state index contributed by atoms with van der Waals surface area (Å²) in [7, 11) is 0. The van der Waals surface area contributed by atoms with Crippen molar-refractivity contribution in [2.24, 2.45) is 5.41 Å². The third-order valence-corrected chi connectivity index (χ3v) is 1.47. The topological polar surface area (TPSA) is 29.1 Å². The van der Waals surface area contributed by atoms with Crippen molar-refractivity contribution < 1.29 is 4.79 Å². The standard InChI is InChI=1S/C8H14NO/c1-8(2,3)7(10)9-6-4-5-6/h4-5H2,1-3H3,(H,9,10). The van der Waals surface area contributed by atoms with Gasteiger partial charge in [-0.25, -0.2) is 0 Å². The Balaban J connectivity index is 2.32. The summed E-state index contributed by atoms with van der Waals surface area (Å²) in [5, 5.41) is 2.87. The van der Waals surface area contributed by atoms with Gasteiger partial charge in [0.05, 0.1) is 6.04 Å². The van der Waals surface area contributed by atoms with Gasteiger partial charge in [-0.05, 0) is 12.8 Å². The Bertz CT molecular complexity index is 142. The predicted octanol–water partition coefficient (Wildman–Crippen LogP) is 1.47. The highest BCUT2D eigenvalue weighted by molar-refractivity contribution is 5.82. The Morgan fingerprint density at radius 1 is 1.40 bits per heavy atom. The summed E-state index contributed by atoms with van der Waals surface area (Å²) in [5.74, 6) is 0.139. The maximum atomic E-state index is 11.2. The Morgan fingerprint density at radius 2 is 1.90 bits per heavy atom. The molecule has 1 radical (unpaired) electrons. The maximum absolute atomic E-state index is 11.2. The molecule has 0 aromatic rings. The molecule has 1 N–H and O–H groups in total. The quantitative estimate of drug-likeness (QED) is 0.587. The van der Waals surface area contributed by atoms with Crippen LogP contribution in [0.3, 0.4) is 0 Å². The third kappa shape index (κ3) is 2.01. The highest BCUT2D eigenvalue weighted by Crippen LogP contribution is 2.29. The molecule has 2 nitrogen and oxygen atoms in total. The smallest absolute Gasteiger partial charge is 0.225 e. The molecule has 1 saturated carbocycles. The van der Waals surface area contributed by atoms with E-state index in [9.17, 15) is 4.79 Å². The molecule has 0 aliphatic heterocycles. The van der Waals surface area contributed by atoms with Crippen LogP contribution in [0.15, 0.2) is 0 Å². The molecule has 2 heteroatoms. The number of carbonyl (C=O) groups is 1. The van der Waals surface area contributed by atoms with Gasteiger partial charge in [-0.2, -0.15) is 0 Å². The van der Waals surface area contributed by atoms with Crippen molar-refractivity contribution in [2.45, 2.75) is 33.6 Å². The van der Waals surface area contributed by atoms with Crippen molar-refractivity contribution in [3.8, 4) is 0 Å². The average molecular weight is 140 g/mol. The minimum absolute atomic E-state index is 0.139. The van der Waals surface area contributed by atoms with Gasteiger partial charge in [0.2, 0.25) is 5.91 Å². The fourth-order valence-electron chi connectivity index (χ4n) is 0.536. The largest absolute Gasteiger partial charge is 0.348 e. The zero-order valence-electron chi connectivity index (χ0n) is 6.82. The van der Waals surface area contributed by atoms with E-state index in [0.29, 0.717) is 0 Å². The van der Waals surface area contributed by atoms with Gasteiger partial charge in [0.1, 0.15) is 0 Å². The van der Waals surface area contributed by atoms with Gasteiger partial charge in [-0.15, -0.1) is 0 Å². The van der Waals surface area contributed by atoms with Gasteiger partial charge in [0.25, 0.3) is 0 Å². The molecule has 1 aliphatic carbocycles. The lowest BCUT2D eigenvalue weighted by Crippen LogP contribution is -2.33. The first-order chi connectivity index (χ1) is 4.50. The van der Waals surface area contributed by atoms with Crippen molar-refractivity contribution in [3.05, 3.63) is 6.04 Å². The molecule has 1 rings (SSSR count). The van der Waals surface area contributed by atoms with E-state index in [1.165, 1.54) is 6.04 Å². The molecular weight excluding hydrogens is 126 g/mol. The molecule has 0 aromatic carbocycles. The summed E-state index contributed by atoms with van der Waals surface area (Å²) in [5.41, 5.74) is -0.240. The van der Waals surface area contributed by atoms with Crippen LogP contribution in [0.4, 0.5) is 0 Å². The molecule has 0 heterocycles. The van der Waals surface area contributed by atoms with Gasteiger partial charge < -0.3 is 5.32 Å². The number of amides is 1. The van der Waals surface area contributed by atoms with E-state index in [1.807, 2.05) is 20.8 Å². The molecular formula is C8H14NO. The Labute approximate surface area is 62.0 Å². The lowest BCUT2D eigenvalue weighted by atomic mass is 9.96. The van der Waals surface area contributed by atoms with Crippen LogP contribution >= 0.6 is 0 Å². The molecule has 0 spiro atoms. The lowest BCUT2D eigenvalue weighted by Gasteiger charge is -2.16. The summed E-state index contributed by atoms with van der Waals surface area (Å²) in [6, 6.07) is 1.19. The molecule has 0 bridgehead atoms. The molecule has 0 saturated heterocycles. The van der Waals surface area contributed by atoms with Crippen molar-refractivity contribution in [2.75, 3.05) is 0 Å². The van der Waals surface area contributed by atoms with Crippen LogP contribution in [0.5, 0.6) is 0 Å². The Kier molecular flexibility index (Phi) is 1.71. The first-order valence-electron chi connectivity index (χ1n) is 3.66. The van der Waals surface area contributed by atoms with E-state index in [0.717, 1.165) is 12.8 Å². The number of rotatable bonds is 1. The van der Waals surface area contributed by atoms with Crippen molar-refractivity contribution in [1.29, 1.82) is 0 Å². The summed E-state index contributed by atoms with van der Waals surface area (Å²) in [6.45, 7) is 5.77. The second-order valence-electron chi connectivity index (χ2n) is 3.81. The minimum atomic E-state index is -0.240. The number of hydrogen-bond donors (Lipinski definition) is 1. The molecule has 0 unspecified atom stereocenters. The second-order valence-corrected chi connectivity index (χ2v) is 3.81. The van der Waals surface area contributed by atoms with Crippen LogP contribution in [0.2, 0.25) is 0 Å². The van der Waals surface area contributed by atoms with Crippen LogP contribution in [0.1, 0.15) is 33.6 Å². The summed E-state index contributed by atoms with van der Waals surface area (Å²) >= 11 is 0. The SMILES string of the molecule is CC(C)(C)C(=O)N[C]1CC1.